The molecule has 1 saturated heterocycles. The van der Waals surface area contributed by atoms with Gasteiger partial charge in [-0.3, -0.25) is 9.59 Å². The Labute approximate surface area is 101 Å². The van der Waals surface area contributed by atoms with Crippen molar-refractivity contribution < 1.29 is 14.7 Å². The van der Waals surface area contributed by atoms with Crippen molar-refractivity contribution in [3.8, 4) is 0 Å². The molecule has 0 aromatic rings. The fourth-order valence-corrected chi connectivity index (χ4v) is 1.66. The summed E-state index contributed by atoms with van der Waals surface area (Å²) in [5.74, 6) is -1.38. The highest BCUT2D eigenvalue weighted by atomic mass is 16.3. The molecule has 0 aliphatic carbocycles. The van der Waals surface area contributed by atoms with E-state index in [0.29, 0.717) is 18.8 Å². The Balaban J connectivity index is 2.99. The largest absolute Gasteiger partial charge is 0.505 e. The summed E-state index contributed by atoms with van der Waals surface area (Å²) in [7, 11) is 1.74. The lowest BCUT2D eigenvalue weighted by molar-refractivity contribution is -0.133. The topological polar surface area (TPSA) is 60.9 Å². The molecule has 1 aliphatic rings. The molecule has 0 spiro atoms. The smallest absolute Gasteiger partial charge is 0.270 e. The molecule has 5 nitrogen and oxygen atoms in total. The van der Waals surface area contributed by atoms with Gasteiger partial charge in [0.15, 0.2) is 5.76 Å². The molecule has 1 fully saturated rings. The summed E-state index contributed by atoms with van der Waals surface area (Å²) < 4.78 is 0. The summed E-state index contributed by atoms with van der Waals surface area (Å²) >= 11 is 0. The van der Waals surface area contributed by atoms with Crippen LogP contribution in [-0.4, -0.2) is 52.8 Å². The molecule has 1 amide bonds. The van der Waals surface area contributed by atoms with Crippen LogP contribution in [0.1, 0.15) is 13.8 Å². The van der Waals surface area contributed by atoms with Crippen LogP contribution >= 0.6 is 0 Å². The SMILES string of the molecule is C=C(O)C(=O)/C=C1/C(=O)N(C(C)C)CCN1C. The summed E-state index contributed by atoms with van der Waals surface area (Å²) in [6.45, 7) is 8.30. The minimum Gasteiger partial charge on any atom is -0.505 e. The van der Waals surface area contributed by atoms with E-state index in [1.165, 1.54) is 0 Å². The van der Waals surface area contributed by atoms with Gasteiger partial charge in [0.2, 0.25) is 5.78 Å². The molecular weight excluding hydrogens is 220 g/mol. The van der Waals surface area contributed by atoms with Crippen molar-refractivity contribution in [2.75, 3.05) is 20.1 Å². The van der Waals surface area contributed by atoms with E-state index in [-0.39, 0.29) is 11.9 Å². The maximum absolute atomic E-state index is 12.1. The van der Waals surface area contributed by atoms with Crippen molar-refractivity contribution in [1.29, 1.82) is 0 Å². The molecule has 0 radical (unpaired) electrons. The van der Waals surface area contributed by atoms with E-state index in [0.717, 1.165) is 6.08 Å². The molecule has 0 bridgehead atoms. The highest BCUT2D eigenvalue weighted by Gasteiger charge is 2.29. The van der Waals surface area contributed by atoms with Gasteiger partial charge in [-0.1, -0.05) is 6.58 Å². The number of carbonyl (C=O) groups is 2. The number of likely N-dealkylation sites (N-methyl/N-ethyl adjacent to an activating group) is 1. The fraction of sp³-hybridized carbons (Fsp3) is 0.500. The number of rotatable bonds is 3. The number of hydrogen-bond acceptors (Lipinski definition) is 4. The van der Waals surface area contributed by atoms with Gasteiger partial charge in [-0.2, -0.15) is 0 Å². The number of ketones is 1. The van der Waals surface area contributed by atoms with E-state index in [2.05, 4.69) is 6.58 Å². The van der Waals surface area contributed by atoms with Crippen molar-refractivity contribution in [2.45, 2.75) is 19.9 Å². The maximum atomic E-state index is 12.1. The zero-order chi connectivity index (χ0) is 13.2. The Morgan fingerprint density at radius 2 is 2.06 bits per heavy atom. The first kappa shape index (κ1) is 13.3. The number of piperazine rings is 1. The highest BCUT2D eigenvalue weighted by molar-refractivity contribution is 6.07. The van der Waals surface area contributed by atoms with Gasteiger partial charge in [-0.25, -0.2) is 0 Å². The van der Waals surface area contributed by atoms with Crippen LogP contribution in [0.5, 0.6) is 0 Å². The monoisotopic (exact) mass is 238 g/mol. The summed E-state index contributed by atoms with van der Waals surface area (Å²) in [6, 6.07) is 0.0898. The Hall–Kier alpha value is -1.78. The first-order valence-electron chi connectivity index (χ1n) is 5.50. The minimum atomic E-state index is -0.634. The molecule has 1 heterocycles. The number of aliphatic hydroxyl groups excluding tert-OH is 1. The van der Waals surface area contributed by atoms with Crippen LogP contribution in [0, 0.1) is 0 Å². The minimum absolute atomic E-state index is 0.0898. The van der Waals surface area contributed by atoms with Crippen LogP contribution in [0.15, 0.2) is 24.1 Å². The number of carbonyl (C=O) groups excluding carboxylic acids is 2. The number of nitrogens with zero attached hydrogens (tertiary/aromatic N) is 2. The molecule has 0 aromatic heterocycles. The second-order valence-electron chi connectivity index (χ2n) is 4.35. The maximum Gasteiger partial charge on any atom is 0.270 e. The van der Waals surface area contributed by atoms with E-state index >= 15 is 0 Å². The van der Waals surface area contributed by atoms with Gasteiger partial charge >= 0.3 is 0 Å². The second kappa shape index (κ2) is 5.03. The predicted molar refractivity (Wildman–Crippen MR) is 64.3 cm³/mol. The molecule has 17 heavy (non-hydrogen) atoms. The van der Waals surface area contributed by atoms with E-state index in [1.54, 1.807) is 16.8 Å². The van der Waals surface area contributed by atoms with Crippen LogP contribution in [0.2, 0.25) is 0 Å². The van der Waals surface area contributed by atoms with Gasteiger partial charge in [-0.15, -0.1) is 0 Å². The Morgan fingerprint density at radius 3 is 2.53 bits per heavy atom. The standard InChI is InChI=1S/C12H18N2O3/c1-8(2)14-6-5-13(4)10(12(14)17)7-11(16)9(3)15/h7-8,15H,3,5-6H2,1-2,4H3/b10-7-. The number of hydrogen-bond donors (Lipinski definition) is 1. The first-order chi connectivity index (χ1) is 7.84. The molecule has 1 aliphatic heterocycles. The van der Waals surface area contributed by atoms with E-state index < -0.39 is 11.5 Å². The lowest BCUT2D eigenvalue weighted by Crippen LogP contribution is -2.50. The molecule has 1 rings (SSSR count). The third-order valence-corrected chi connectivity index (χ3v) is 2.74. The lowest BCUT2D eigenvalue weighted by atomic mass is 10.1. The summed E-state index contributed by atoms with van der Waals surface area (Å²) in [5.41, 5.74) is 0.296. The van der Waals surface area contributed by atoms with E-state index in [1.807, 2.05) is 13.8 Å². The quantitative estimate of drug-likeness (QED) is 0.580. The van der Waals surface area contributed by atoms with Gasteiger partial charge in [0.1, 0.15) is 5.70 Å². The van der Waals surface area contributed by atoms with Gasteiger partial charge < -0.3 is 14.9 Å². The van der Waals surface area contributed by atoms with Crippen LogP contribution in [0.4, 0.5) is 0 Å². The molecule has 0 atom stereocenters. The predicted octanol–water partition coefficient (Wildman–Crippen LogP) is 0.694. The van der Waals surface area contributed by atoms with Gasteiger partial charge in [0, 0.05) is 32.3 Å². The molecular formula is C12H18N2O3. The normalized spacial score (nSPS) is 19.1. The van der Waals surface area contributed by atoms with Crippen LogP contribution in [0.25, 0.3) is 0 Å². The third-order valence-electron chi connectivity index (χ3n) is 2.74. The summed E-state index contributed by atoms with van der Waals surface area (Å²) in [4.78, 5) is 26.8. The van der Waals surface area contributed by atoms with Crippen molar-refractivity contribution in [3.63, 3.8) is 0 Å². The number of aliphatic hydroxyl groups is 1. The molecule has 5 heteroatoms. The summed E-state index contributed by atoms with van der Waals surface area (Å²) in [5, 5.41) is 8.97. The van der Waals surface area contributed by atoms with E-state index in [4.69, 9.17) is 5.11 Å². The molecule has 0 saturated carbocycles. The van der Waals surface area contributed by atoms with Crippen LogP contribution in [0.3, 0.4) is 0 Å². The Kier molecular flexibility index (Phi) is 3.93. The van der Waals surface area contributed by atoms with Crippen molar-refractivity contribution in [3.05, 3.63) is 24.1 Å². The third kappa shape index (κ3) is 2.87. The molecule has 94 valence electrons. The fourth-order valence-electron chi connectivity index (χ4n) is 1.66. The molecule has 1 N–H and O–H groups in total. The average Bonchev–Trinajstić information content (AvgIpc) is 2.22. The molecule has 0 unspecified atom stereocenters. The zero-order valence-corrected chi connectivity index (χ0v) is 10.4. The van der Waals surface area contributed by atoms with Crippen LogP contribution in [-0.2, 0) is 9.59 Å². The zero-order valence-electron chi connectivity index (χ0n) is 10.4. The number of allylic oxidation sites excluding steroid dienone is 1. The highest BCUT2D eigenvalue weighted by Crippen LogP contribution is 2.16. The van der Waals surface area contributed by atoms with Crippen molar-refractivity contribution >= 4 is 11.7 Å². The average molecular weight is 238 g/mol. The van der Waals surface area contributed by atoms with Crippen molar-refractivity contribution in [2.24, 2.45) is 0 Å². The van der Waals surface area contributed by atoms with Gasteiger partial charge in [0.05, 0.1) is 0 Å². The van der Waals surface area contributed by atoms with Crippen molar-refractivity contribution in [1.82, 2.24) is 9.80 Å². The molecule has 0 aromatic carbocycles. The van der Waals surface area contributed by atoms with E-state index in [9.17, 15) is 9.59 Å². The Morgan fingerprint density at radius 1 is 1.47 bits per heavy atom. The lowest BCUT2D eigenvalue weighted by Gasteiger charge is -2.37. The number of amides is 1. The van der Waals surface area contributed by atoms with Crippen LogP contribution < -0.4 is 0 Å². The summed E-state index contributed by atoms with van der Waals surface area (Å²) in [6.07, 6.45) is 1.14. The Bertz CT molecular complexity index is 385. The van der Waals surface area contributed by atoms with Gasteiger partial charge in [0.25, 0.3) is 5.91 Å². The second-order valence-corrected chi connectivity index (χ2v) is 4.35. The van der Waals surface area contributed by atoms with Gasteiger partial charge in [-0.05, 0) is 13.8 Å². The first-order valence-corrected chi connectivity index (χ1v) is 5.50.